The molecule has 1 spiro atoms. The van der Waals surface area contributed by atoms with Gasteiger partial charge in [0.15, 0.2) is 5.78 Å². The van der Waals surface area contributed by atoms with Gasteiger partial charge in [0.1, 0.15) is 5.78 Å². The normalized spacial score (nSPS) is 35.5. The van der Waals surface area contributed by atoms with Crippen molar-refractivity contribution >= 4 is 11.6 Å². The SMILES string of the molecule is C[C@]12C[C@H](c3ccc(-c4cccnc4)cc3)C3=C4CCC(=O)C=C4CC[C@H]3[C@@H]1CC[C@]21CCCC1=O. The molecule has 2 aromatic rings. The van der Waals surface area contributed by atoms with E-state index in [-0.39, 0.29) is 10.8 Å². The molecule has 0 N–H and O–H groups in total. The number of nitrogens with zero attached hydrogens (tertiary/aromatic N) is 1. The summed E-state index contributed by atoms with van der Waals surface area (Å²) in [6, 6.07) is 13.2. The highest BCUT2D eigenvalue weighted by atomic mass is 16.1. The second kappa shape index (κ2) is 8.10. The van der Waals surface area contributed by atoms with Gasteiger partial charge in [-0.1, -0.05) is 42.8 Å². The maximum absolute atomic E-state index is 13.5. The van der Waals surface area contributed by atoms with E-state index in [0.717, 1.165) is 56.9 Å². The Kier molecular flexibility index (Phi) is 5.04. The Morgan fingerprint density at radius 1 is 0.917 bits per heavy atom. The molecule has 3 fully saturated rings. The van der Waals surface area contributed by atoms with Crippen molar-refractivity contribution in [2.45, 2.75) is 77.0 Å². The lowest BCUT2D eigenvalue weighted by Crippen LogP contribution is -2.49. The summed E-state index contributed by atoms with van der Waals surface area (Å²) in [5.41, 5.74) is 8.08. The van der Waals surface area contributed by atoms with Crippen molar-refractivity contribution in [1.29, 1.82) is 0 Å². The molecule has 5 atom stereocenters. The van der Waals surface area contributed by atoms with Gasteiger partial charge in [0.25, 0.3) is 0 Å². The van der Waals surface area contributed by atoms with Crippen molar-refractivity contribution in [1.82, 2.24) is 4.98 Å². The predicted octanol–water partition coefficient (Wildman–Crippen LogP) is 7.39. The number of pyridine rings is 1. The molecule has 3 saturated carbocycles. The van der Waals surface area contributed by atoms with Crippen LogP contribution in [0.4, 0.5) is 0 Å². The zero-order chi connectivity index (χ0) is 24.5. The maximum Gasteiger partial charge on any atom is 0.156 e. The van der Waals surface area contributed by atoms with E-state index >= 15 is 0 Å². The molecular weight excluding hydrogens is 442 g/mol. The molecule has 7 rings (SSSR count). The Morgan fingerprint density at radius 2 is 1.78 bits per heavy atom. The summed E-state index contributed by atoms with van der Waals surface area (Å²) in [7, 11) is 0. The van der Waals surface area contributed by atoms with Crippen LogP contribution in [0.3, 0.4) is 0 Å². The van der Waals surface area contributed by atoms with Crippen LogP contribution in [0.5, 0.6) is 0 Å². The molecule has 1 aromatic heterocycles. The highest BCUT2D eigenvalue weighted by Crippen LogP contribution is 2.72. The number of fused-ring (bicyclic) bond motifs is 5. The number of ketones is 2. The van der Waals surface area contributed by atoms with Crippen molar-refractivity contribution in [2.75, 3.05) is 0 Å². The van der Waals surface area contributed by atoms with E-state index in [0.29, 0.717) is 35.7 Å². The smallest absolute Gasteiger partial charge is 0.156 e. The fraction of sp³-hybridized carbons (Fsp3) is 0.485. The van der Waals surface area contributed by atoms with Crippen LogP contribution in [0.1, 0.15) is 82.6 Å². The molecule has 0 aliphatic heterocycles. The van der Waals surface area contributed by atoms with E-state index in [1.807, 2.05) is 24.5 Å². The monoisotopic (exact) mass is 477 g/mol. The van der Waals surface area contributed by atoms with Gasteiger partial charge in [-0.05, 0) is 109 Å². The first kappa shape index (κ1) is 22.4. The van der Waals surface area contributed by atoms with E-state index in [1.165, 1.54) is 28.7 Å². The Balaban J connectivity index is 1.36. The van der Waals surface area contributed by atoms with E-state index in [2.05, 4.69) is 42.2 Å². The number of carbonyl (C=O) groups excluding carboxylic acids is 2. The number of hydrogen-bond donors (Lipinski definition) is 0. The average molecular weight is 478 g/mol. The summed E-state index contributed by atoms with van der Waals surface area (Å²) in [6.07, 6.45) is 15.7. The molecule has 0 unspecified atom stereocenters. The molecular formula is C33H35NO2. The van der Waals surface area contributed by atoms with Crippen LogP contribution >= 0.6 is 0 Å². The summed E-state index contributed by atoms with van der Waals surface area (Å²) in [5.74, 6) is 2.30. The Labute approximate surface area is 214 Å². The van der Waals surface area contributed by atoms with E-state index in [9.17, 15) is 9.59 Å². The van der Waals surface area contributed by atoms with Gasteiger partial charge >= 0.3 is 0 Å². The maximum atomic E-state index is 13.5. The van der Waals surface area contributed by atoms with Crippen LogP contribution in [0.2, 0.25) is 0 Å². The first-order valence-electron chi connectivity index (χ1n) is 14.0. The molecule has 3 heteroatoms. The number of rotatable bonds is 2. The van der Waals surface area contributed by atoms with Crippen molar-refractivity contribution in [3.8, 4) is 11.1 Å². The Bertz CT molecular complexity index is 1300. The summed E-state index contributed by atoms with van der Waals surface area (Å²) < 4.78 is 0. The topological polar surface area (TPSA) is 47.0 Å². The fourth-order valence-corrected chi connectivity index (χ4v) is 9.32. The summed E-state index contributed by atoms with van der Waals surface area (Å²) in [4.78, 5) is 30.1. The molecule has 36 heavy (non-hydrogen) atoms. The summed E-state index contributed by atoms with van der Waals surface area (Å²) in [6.45, 7) is 2.49. The lowest BCUT2D eigenvalue weighted by Gasteiger charge is -2.55. The van der Waals surface area contributed by atoms with Crippen LogP contribution in [0.25, 0.3) is 11.1 Å². The van der Waals surface area contributed by atoms with Crippen molar-refractivity contribution in [3.05, 3.63) is 77.2 Å². The zero-order valence-corrected chi connectivity index (χ0v) is 21.3. The average Bonchev–Trinajstić information content (AvgIpc) is 3.43. The van der Waals surface area contributed by atoms with Crippen molar-refractivity contribution in [2.24, 2.45) is 22.7 Å². The third-order valence-corrected chi connectivity index (χ3v) is 10.9. The molecule has 0 amide bonds. The van der Waals surface area contributed by atoms with Crippen LogP contribution in [-0.2, 0) is 9.59 Å². The standard InChI is InChI=1S/C33H35NO2/c1-32-19-28(22-8-6-21(7-9-22)24-4-3-17-34-20-24)31-26-13-11-25(35)18-23(26)10-12-27(31)29(32)14-16-33(32)15-2-5-30(33)36/h3-4,6-9,17-18,20,27-29H,2,5,10-16,19H2,1H3/t27-,28+,29-,32-,33-/m0/s1. The molecule has 1 heterocycles. The van der Waals surface area contributed by atoms with E-state index < -0.39 is 0 Å². The van der Waals surface area contributed by atoms with Gasteiger partial charge in [0.05, 0.1) is 0 Å². The van der Waals surface area contributed by atoms with Crippen molar-refractivity contribution in [3.63, 3.8) is 0 Å². The van der Waals surface area contributed by atoms with Gasteiger partial charge in [-0.2, -0.15) is 0 Å². The summed E-state index contributed by atoms with van der Waals surface area (Å²) >= 11 is 0. The molecule has 5 aliphatic rings. The number of Topliss-reactive ketones (excluding diaryl/α,β-unsaturated/α-hetero) is 1. The zero-order valence-electron chi connectivity index (χ0n) is 21.3. The molecule has 1 aromatic carbocycles. The highest BCUT2D eigenvalue weighted by Gasteiger charge is 2.66. The van der Waals surface area contributed by atoms with Crippen LogP contribution < -0.4 is 0 Å². The number of carbonyl (C=O) groups is 2. The lowest BCUT2D eigenvalue weighted by atomic mass is 9.48. The minimum absolute atomic E-state index is 0.0632. The van der Waals surface area contributed by atoms with Gasteiger partial charge in [0, 0.05) is 36.6 Å². The molecule has 0 saturated heterocycles. The number of benzene rings is 1. The Morgan fingerprint density at radius 3 is 2.53 bits per heavy atom. The quantitative estimate of drug-likeness (QED) is 0.453. The molecule has 0 radical (unpaired) electrons. The van der Waals surface area contributed by atoms with Gasteiger partial charge in [-0.25, -0.2) is 0 Å². The summed E-state index contributed by atoms with van der Waals surface area (Å²) in [5, 5.41) is 0. The van der Waals surface area contributed by atoms with Gasteiger partial charge in [0.2, 0.25) is 0 Å². The third-order valence-electron chi connectivity index (χ3n) is 10.9. The number of aromatic nitrogens is 1. The van der Waals surface area contributed by atoms with Crippen LogP contribution in [-0.4, -0.2) is 16.6 Å². The molecule has 3 nitrogen and oxygen atoms in total. The predicted molar refractivity (Wildman–Crippen MR) is 141 cm³/mol. The largest absolute Gasteiger partial charge is 0.299 e. The fourth-order valence-electron chi connectivity index (χ4n) is 9.32. The number of allylic oxidation sites excluding steroid dienone is 4. The van der Waals surface area contributed by atoms with Crippen LogP contribution in [0, 0.1) is 22.7 Å². The first-order valence-corrected chi connectivity index (χ1v) is 14.0. The number of hydrogen-bond acceptors (Lipinski definition) is 3. The minimum Gasteiger partial charge on any atom is -0.299 e. The molecule has 0 bridgehead atoms. The van der Waals surface area contributed by atoms with E-state index in [4.69, 9.17) is 0 Å². The second-order valence-electron chi connectivity index (χ2n) is 12.3. The lowest BCUT2D eigenvalue weighted by molar-refractivity contribution is -0.134. The van der Waals surface area contributed by atoms with E-state index in [1.54, 1.807) is 5.57 Å². The minimum atomic E-state index is -0.111. The van der Waals surface area contributed by atoms with Gasteiger partial charge in [-0.3, -0.25) is 14.6 Å². The highest BCUT2D eigenvalue weighted by molar-refractivity contribution is 5.93. The Hall–Kier alpha value is -2.81. The van der Waals surface area contributed by atoms with Gasteiger partial charge in [-0.15, -0.1) is 0 Å². The molecule has 184 valence electrons. The first-order chi connectivity index (χ1) is 17.5. The van der Waals surface area contributed by atoms with Gasteiger partial charge < -0.3 is 0 Å². The van der Waals surface area contributed by atoms with Crippen LogP contribution in [0.15, 0.2) is 71.6 Å². The third kappa shape index (κ3) is 3.07. The van der Waals surface area contributed by atoms with Crippen molar-refractivity contribution < 1.29 is 9.59 Å². The second-order valence-corrected chi connectivity index (χ2v) is 12.3. The molecule has 5 aliphatic carbocycles.